The Kier molecular flexibility index (Phi) is 3.52. The summed E-state index contributed by atoms with van der Waals surface area (Å²) in [6.07, 6.45) is 4.01. The summed E-state index contributed by atoms with van der Waals surface area (Å²) in [5.41, 5.74) is 0.618. The number of amides is 1. The lowest BCUT2D eigenvalue weighted by molar-refractivity contribution is -0.0188. The molecular formula is C13H17ClN2O3. The number of aliphatic hydroxyl groups excluding tert-OH is 1. The molecule has 19 heavy (non-hydrogen) atoms. The maximum absolute atomic E-state index is 12.6. The number of hydrogen-bond acceptors (Lipinski definition) is 3. The summed E-state index contributed by atoms with van der Waals surface area (Å²) in [7, 11) is 0. The predicted octanol–water partition coefficient (Wildman–Crippen LogP) is 1.31. The summed E-state index contributed by atoms with van der Waals surface area (Å²) in [6.45, 7) is 1.33. The third kappa shape index (κ3) is 2.50. The monoisotopic (exact) mass is 284 g/mol. The third-order valence-electron chi connectivity index (χ3n) is 3.67. The van der Waals surface area contributed by atoms with Crippen molar-refractivity contribution in [2.24, 2.45) is 0 Å². The van der Waals surface area contributed by atoms with Crippen LogP contribution in [-0.2, 0) is 4.74 Å². The number of hydrogen-bond donors (Lipinski definition) is 1. The lowest BCUT2D eigenvalue weighted by atomic mass is 10.2. The van der Waals surface area contributed by atoms with Gasteiger partial charge in [0.1, 0.15) is 5.69 Å². The fraction of sp³-hybridized carbons (Fsp3) is 0.615. The first-order chi connectivity index (χ1) is 9.20. The molecule has 2 aliphatic rings. The second kappa shape index (κ2) is 5.15. The quantitative estimate of drug-likeness (QED) is 0.910. The van der Waals surface area contributed by atoms with Gasteiger partial charge in [-0.05, 0) is 18.9 Å². The largest absolute Gasteiger partial charge is 0.394 e. The van der Waals surface area contributed by atoms with E-state index >= 15 is 0 Å². The number of nitrogens with zero attached hydrogens (tertiary/aromatic N) is 2. The smallest absolute Gasteiger partial charge is 0.271 e. The molecular weight excluding hydrogens is 268 g/mol. The van der Waals surface area contributed by atoms with Gasteiger partial charge in [0.2, 0.25) is 0 Å². The molecule has 1 unspecified atom stereocenters. The Bertz CT molecular complexity index is 484. The molecule has 5 nitrogen and oxygen atoms in total. The van der Waals surface area contributed by atoms with E-state index < -0.39 is 0 Å². The van der Waals surface area contributed by atoms with Crippen LogP contribution < -0.4 is 0 Å². The van der Waals surface area contributed by atoms with Gasteiger partial charge < -0.3 is 19.3 Å². The molecule has 0 bridgehead atoms. The predicted molar refractivity (Wildman–Crippen MR) is 70.4 cm³/mol. The first-order valence-corrected chi connectivity index (χ1v) is 6.95. The third-order valence-corrected chi connectivity index (χ3v) is 3.88. The fourth-order valence-corrected chi connectivity index (χ4v) is 2.70. The highest BCUT2D eigenvalue weighted by atomic mass is 35.5. The number of morpholine rings is 1. The summed E-state index contributed by atoms with van der Waals surface area (Å²) in [5.74, 6) is -0.0684. The summed E-state index contributed by atoms with van der Waals surface area (Å²) < 4.78 is 7.26. The lowest BCUT2D eigenvalue weighted by Crippen LogP contribution is -2.50. The van der Waals surface area contributed by atoms with Crippen molar-refractivity contribution >= 4 is 17.5 Å². The minimum Gasteiger partial charge on any atom is -0.394 e. The molecule has 104 valence electrons. The van der Waals surface area contributed by atoms with Crippen LogP contribution in [0.4, 0.5) is 0 Å². The van der Waals surface area contributed by atoms with Crippen LogP contribution in [0.3, 0.4) is 0 Å². The Hall–Kier alpha value is -1.04. The molecule has 2 heterocycles. The van der Waals surface area contributed by atoms with Crippen LogP contribution in [0.2, 0.25) is 5.02 Å². The number of aliphatic hydroxyl groups is 1. The Morgan fingerprint density at radius 2 is 2.32 bits per heavy atom. The van der Waals surface area contributed by atoms with Crippen molar-refractivity contribution in [3.63, 3.8) is 0 Å². The van der Waals surface area contributed by atoms with E-state index in [1.165, 1.54) is 0 Å². The van der Waals surface area contributed by atoms with Crippen molar-refractivity contribution in [1.82, 2.24) is 9.47 Å². The first kappa shape index (κ1) is 13.0. The molecule has 6 heteroatoms. The normalized spacial score (nSPS) is 23.7. The molecule has 1 N–H and O–H groups in total. The highest BCUT2D eigenvalue weighted by Crippen LogP contribution is 2.37. The van der Waals surface area contributed by atoms with Crippen molar-refractivity contribution in [3.8, 4) is 0 Å². The van der Waals surface area contributed by atoms with Crippen LogP contribution in [0.1, 0.15) is 29.4 Å². The van der Waals surface area contributed by atoms with E-state index in [0.717, 1.165) is 12.8 Å². The maximum Gasteiger partial charge on any atom is 0.271 e. The van der Waals surface area contributed by atoms with Crippen molar-refractivity contribution in [3.05, 3.63) is 23.0 Å². The zero-order valence-electron chi connectivity index (χ0n) is 10.6. The minimum atomic E-state index is -0.262. The van der Waals surface area contributed by atoms with Crippen LogP contribution >= 0.6 is 11.6 Å². The molecule has 1 aromatic rings. The molecule has 1 saturated heterocycles. The molecule has 1 aliphatic heterocycles. The van der Waals surface area contributed by atoms with Gasteiger partial charge >= 0.3 is 0 Å². The summed E-state index contributed by atoms with van der Waals surface area (Å²) in [5, 5.41) is 9.93. The van der Waals surface area contributed by atoms with Gasteiger partial charge in [-0.2, -0.15) is 0 Å². The minimum absolute atomic E-state index is 0.0684. The number of rotatable bonds is 3. The molecule has 1 atom stereocenters. The number of carbonyl (C=O) groups is 1. The summed E-state index contributed by atoms with van der Waals surface area (Å²) in [4.78, 5) is 14.3. The summed E-state index contributed by atoms with van der Waals surface area (Å²) in [6, 6.07) is 1.86. The fourth-order valence-electron chi connectivity index (χ4n) is 2.49. The topological polar surface area (TPSA) is 54.7 Å². The Balaban J connectivity index is 1.86. The SMILES string of the molecule is O=C(c1cc(Cl)cn1C1CC1)N1CCOCC1CO. The Morgan fingerprint density at radius 3 is 3.00 bits per heavy atom. The number of aromatic nitrogens is 1. The van der Waals surface area contributed by atoms with E-state index in [9.17, 15) is 9.90 Å². The average molecular weight is 285 g/mol. The van der Waals surface area contributed by atoms with Crippen LogP contribution in [0.5, 0.6) is 0 Å². The molecule has 2 fully saturated rings. The molecule has 1 amide bonds. The molecule has 0 aromatic carbocycles. The van der Waals surface area contributed by atoms with E-state index in [-0.39, 0.29) is 18.6 Å². The molecule has 1 saturated carbocycles. The molecule has 3 rings (SSSR count). The highest BCUT2D eigenvalue weighted by Gasteiger charge is 2.33. The Morgan fingerprint density at radius 1 is 1.53 bits per heavy atom. The van der Waals surface area contributed by atoms with Crippen LogP contribution in [0.15, 0.2) is 12.3 Å². The number of carbonyl (C=O) groups excluding carboxylic acids is 1. The van der Waals surface area contributed by atoms with Crippen molar-refractivity contribution in [1.29, 1.82) is 0 Å². The van der Waals surface area contributed by atoms with Gasteiger partial charge in [-0.1, -0.05) is 11.6 Å². The van der Waals surface area contributed by atoms with E-state index in [4.69, 9.17) is 16.3 Å². The summed E-state index contributed by atoms with van der Waals surface area (Å²) >= 11 is 6.03. The van der Waals surface area contributed by atoms with Gasteiger partial charge in [0.05, 0.1) is 30.9 Å². The Labute approximate surface area is 116 Å². The van der Waals surface area contributed by atoms with Crippen molar-refractivity contribution in [2.45, 2.75) is 24.9 Å². The first-order valence-electron chi connectivity index (χ1n) is 6.57. The van der Waals surface area contributed by atoms with Gasteiger partial charge in [0, 0.05) is 18.8 Å². The van der Waals surface area contributed by atoms with Crippen molar-refractivity contribution < 1.29 is 14.6 Å². The number of ether oxygens (including phenoxy) is 1. The van der Waals surface area contributed by atoms with Gasteiger partial charge in [-0.25, -0.2) is 0 Å². The highest BCUT2D eigenvalue weighted by molar-refractivity contribution is 6.31. The standard InChI is InChI=1S/C13H17ClN2O3/c14-9-5-12(16(6-9)10-1-2-10)13(18)15-3-4-19-8-11(15)7-17/h5-6,10-11,17H,1-4,7-8H2. The van der Waals surface area contributed by atoms with Crippen LogP contribution in [0, 0.1) is 0 Å². The molecule has 1 aromatic heterocycles. The van der Waals surface area contributed by atoms with Crippen molar-refractivity contribution in [2.75, 3.05) is 26.4 Å². The molecule has 0 spiro atoms. The van der Waals surface area contributed by atoms with E-state index in [2.05, 4.69) is 0 Å². The van der Waals surface area contributed by atoms with Gasteiger partial charge in [0.15, 0.2) is 0 Å². The van der Waals surface area contributed by atoms with E-state index in [1.807, 2.05) is 10.8 Å². The maximum atomic E-state index is 12.6. The van der Waals surface area contributed by atoms with Gasteiger partial charge in [0.25, 0.3) is 5.91 Å². The second-order valence-electron chi connectivity index (χ2n) is 5.09. The van der Waals surface area contributed by atoms with E-state index in [1.54, 1.807) is 11.0 Å². The zero-order chi connectivity index (χ0) is 13.4. The number of halogens is 1. The second-order valence-corrected chi connectivity index (χ2v) is 5.53. The molecule has 1 aliphatic carbocycles. The van der Waals surface area contributed by atoms with Gasteiger partial charge in [-0.15, -0.1) is 0 Å². The van der Waals surface area contributed by atoms with Crippen LogP contribution in [-0.4, -0.2) is 52.9 Å². The van der Waals surface area contributed by atoms with Gasteiger partial charge in [-0.3, -0.25) is 4.79 Å². The zero-order valence-corrected chi connectivity index (χ0v) is 11.3. The van der Waals surface area contributed by atoms with Crippen LogP contribution in [0.25, 0.3) is 0 Å². The molecule has 0 radical (unpaired) electrons. The lowest BCUT2D eigenvalue weighted by Gasteiger charge is -2.34. The van der Waals surface area contributed by atoms with E-state index in [0.29, 0.717) is 36.5 Å². The average Bonchev–Trinajstić information content (AvgIpc) is 3.21.